The van der Waals surface area contributed by atoms with Gasteiger partial charge in [0.15, 0.2) is 0 Å². The van der Waals surface area contributed by atoms with E-state index in [1.807, 2.05) is 19.9 Å². The van der Waals surface area contributed by atoms with Crippen molar-refractivity contribution in [3.8, 4) is 0 Å². The molecule has 24 heavy (non-hydrogen) atoms. The molecule has 2 N–H and O–H groups in total. The normalized spacial score (nSPS) is 11.1. The van der Waals surface area contributed by atoms with E-state index in [4.69, 9.17) is 5.11 Å². The Labute approximate surface area is 140 Å². The molecular formula is C19H20FNO3. The second-order valence-corrected chi connectivity index (χ2v) is 6.35. The van der Waals surface area contributed by atoms with E-state index in [0.717, 1.165) is 5.56 Å². The Morgan fingerprint density at radius 1 is 1.12 bits per heavy atom. The first-order valence-corrected chi connectivity index (χ1v) is 7.63. The van der Waals surface area contributed by atoms with Crippen molar-refractivity contribution >= 4 is 11.9 Å². The zero-order chi connectivity index (χ0) is 17.7. The number of amides is 1. The van der Waals surface area contributed by atoms with E-state index in [-0.39, 0.29) is 23.7 Å². The summed E-state index contributed by atoms with van der Waals surface area (Å²) in [5, 5.41) is 11.8. The molecule has 1 amide bonds. The second kappa shape index (κ2) is 7.25. The molecule has 0 fully saturated rings. The maximum Gasteiger partial charge on any atom is 0.335 e. The first kappa shape index (κ1) is 17.7. The number of nitrogens with one attached hydrogen (secondary N) is 1. The van der Waals surface area contributed by atoms with Gasteiger partial charge in [-0.2, -0.15) is 0 Å². The van der Waals surface area contributed by atoms with Gasteiger partial charge in [0.05, 0.1) is 12.0 Å². The molecule has 0 aromatic heterocycles. The number of hydrogen-bond acceptors (Lipinski definition) is 2. The van der Waals surface area contributed by atoms with Gasteiger partial charge in [0.25, 0.3) is 0 Å². The van der Waals surface area contributed by atoms with Gasteiger partial charge in [0.1, 0.15) is 5.82 Å². The largest absolute Gasteiger partial charge is 0.478 e. The zero-order valence-electron chi connectivity index (χ0n) is 13.7. The molecule has 2 aromatic carbocycles. The number of hydrogen-bond donors (Lipinski definition) is 2. The summed E-state index contributed by atoms with van der Waals surface area (Å²) in [6, 6.07) is 12.6. The fourth-order valence-corrected chi connectivity index (χ4v) is 2.39. The minimum atomic E-state index is -1.02. The smallest absolute Gasteiger partial charge is 0.335 e. The van der Waals surface area contributed by atoms with Crippen molar-refractivity contribution in [3.05, 3.63) is 71.0 Å². The van der Waals surface area contributed by atoms with Crippen LogP contribution in [0.4, 0.5) is 4.39 Å². The van der Waals surface area contributed by atoms with Crippen molar-refractivity contribution in [1.29, 1.82) is 0 Å². The summed E-state index contributed by atoms with van der Waals surface area (Å²) in [4.78, 5) is 23.1. The molecule has 0 saturated carbocycles. The molecule has 0 radical (unpaired) electrons. The van der Waals surface area contributed by atoms with E-state index in [9.17, 15) is 14.0 Å². The highest BCUT2D eigenvalue weighted by atomic mass is 19.1. The fourth-order valence-electron chi connectivity index (χ4n) is 2.39. The van der Waals surface area contributed by atoms with Crippen LogP contribution in [0.15, 0.2) is 48.5 Å². The fraction of sp³-hybridized carbons (Fsp3) is 0.263. The first-order chi connectivity index (χ1) is 11.3. The van der Waals surface area contributed by atoms with E-state index in [2.05, 4.69) is 5.32 Å². The number of carbonyl (C=O) groups excluding carboxylic acids is 1. The molecule has 2 rings (SSSR count). The second-order valence-electron chi connectivity index (χ2n) is 6.35. The van der Waals surface area contributed by atoms with Gasteiger partial charge < -0.3 is 10.4 Å². The summed E-state index contributed by atoms with van der Waals surface area (Å²) in [6.45, 7) is 4.20. The van der Waals surface area contributed by atoms with E-state index in [1.165, 1.54) is 24.3 Å². The number of carbonyl (C=O) groups is 2. The Balaban J connectivity index is 1.97. The van der Waals surface area contributed by atoms with Gasteiger partial charge in [-0.1, -0.05) is 38.1 Å². The Morgan fingerprint density at radius 3 is 2.50 bits per heavy atom. The number of carboxylic acid groups (broad SMARTS) is 1. The van der Waals surface area contributed by atoms with Gasteiger partial charge in [-0.05, 0) is 35.4 Å². The molecule has 0 unspecified atom stereocenters. The van der Waals surface area contributed by atoms with Gasteiger partial charge in [0, 0.05) is 12.0 Å². The lowest BCUT2D eigenvalue weighted by molar-refractivity contribution is -0.120. The lowest BCUT2D eigenvalue weighted by atomic mass is 9.84. The maximum atomic E-state index is 13.4. The third kappa shape index (κ3) is 4.65. The van der Waals surface area contributed by atoms with Crippen molar-refractivity contribution in [2.24, 2.45) is 0 Å². The van der Waals surface area contributed by atoms with E-state index >= 15 is 0 Å². The molecule has 0 aliphatic heterocycles. The van der Waals surface area contributed by atoms with Crippen molar-refractivity contribution in [2.45, 2.75) is 25.7 Å². The average Bonchev–Trinajstić information content (AvgIpc) is 2.53. The molecule has 5 heteroatoms. The van der Waals surface area contributed by atoms with Gasteiger partial charge in [0.2, 0.25) is 5.91 Å². The number of rotatable bonds is 6. The van der Waals surface area contributed by atoms with Gasteiger partial charge in [-0.15, -0.1) is 0 Å². The summed E-state index contributed by atoms with van der Waals surface area (Å²) in [6.07, 6.45) is 0.0976. The highest BCUT2D eigenvalue weighted by Gasteiger charge is 2.22. The number of carboxylic acids is 1. The van der Waals surface area contributed by atoms with Gasteiger partial charge >= 0.3 is 5.97 Å². The molecule has 0 spiro atoms. The standard InChI is InChI=1S/C19H20FNO3/c1-19(2,15-7-4-8-16(20)11-15)12-21-17(22)10-13-5-3-6-14(9-13)18(23)24/h3-9,11H,10,12H2,1-2H3,(H,21,22)(H,23,24). The summed E-state index contributed by atoms with van der Waals surface area (Å²) in [5.41, 5.74) is 1.17. The molecule has 0 aliphatic rings. The average molecular weight is 329 g/mol. The van der Waals surface area contributed by atoms with Crippen LogP contribution in [0.2, 0.25) is 0 Å². The quantitative estimate of drug-likeness (QED) is 0.855. The van der Waals surface area contributed by atoms with E-state index in [0.29, 0.717) is 12.1 Å². The van der Waals surface area contributed by atoms with Gasteiger partial charge in [-0.25, -0.2) is 9.18 Å². The number of aromatic carboxylic acids is 1. The van der Waals surface area contributed by atoms with Crippen molar-refractivity contribution in [2.75, 3.05) is 6.54 Å². The maximum absolute atomic E-state index is 13.4. The summed E-state index contributed by atoms with van der Waals surface area (Å²) in [7, 11) is 0. The highest BCUT2D eigenvalue weighted by Crippen LogP contribution is 2.22. The molecule has 126 valence electrons. The van der Waals surface area contributed by atoms with Crippen LogP contribution < -0.4 is 5.32 Å². The molecule has 0 heterocycles. The molecular weight excluding hydrogens is 309 g/mol. The molecule has 0 atom stereocenters. The highest BCUT2D eigenvalue weighted by molar-refractivity contribution is 5.88. The topological polar surface area (TPSA) is 66.4 Å². The lowest BCUT2D eigenvalue weighted by Crippen LogP contribution is -2.37. The summed E-state index contributed by atoms with van der Waals surface area (Å²) in [5.74, 6) is -1.54. The van der Waals surface area contributed by atoms with Crippen molar-refractivity contribution in [1.82, 2.24) is 5.32 Å². The third-order valence-corrected chi connectivity index (χ3v) is 3.87. The minimum absolute atomic E-state index is 0.0976. The predicted molar refractivity (Wildman–Crippen MR) is 89.5 cm³/mol. The van der Waals surface area contributed by atoms with Crippen molar-refractivity contribution in [3.63, 3.8) is 0 Å². The molecule has 4 nitrogen and oxygen atoms in total. The molecule has 0 aliphatic carbocycles. The Kier molecular flexibility index (Phi) is 5.34. The lowest BCUT2D eigenvalue weighted by Gasteiger charge is -2.25. The molecule has 2 aromatic rings. The zero-order valence-corrected chi connectivity index (χ0v) is 13.7. The monoisotopic (exact) mass is 329 g/mol. The van der Waals surface area contributed by atoms with Crippen molar-refractivity contribution < 1.29 is 19.1 Å². The van der Waals surface area contributed by atoms with Crippen LogP contribution in [-0.2, 0) is 16.6 Å². The SMILES string of the molecule is CC(C)(CNC(=O)Cc1cccc(C(=O)O)c1)c1cccc(F)c1. The predicted octanol–water partition coefficient (Wildman–Crippen LogP) is 3.16. The van der Waals surface area contributed by atoms with Crippen LogP contribution in [-0.4, -0.2) is 23.5 Å². The van der Waals surface area contributed by atoms with Crippen LogP contribution >= 0.6 is 0 Å². The first-order valence-electron chi connectivity index (χ1n) is 7.63. The Hall–Kier alpha value is -2.69. The Morgan fingerprint density at radius 2 is 1.83 bits per heavy atom. The van der Waals surface area contributed by atoms with Gasteiger partial charge in [-0.3, -0.25) is 4.79 Å². The van der Waals surface area contributed by atoms with Crippen LogP contribution in [0.5, 0.6) is 0 Å². The van der Waals surface area contributed by atoms with Crippen LogP contribution in [0.3, 0.4) is 0 Å². The Bertz CT molecular complexity index is 756. The molecule has 0 bridgehead atoms. The van der Waals surface area contributed by atoms with Crippen LogP contribution in [0.25, 0.3) is 0 Å². The van der Waals surface area contributed by atoms with Crippen LogP contribution in [0, 0.1) is 5.82 Å². The number of halogens is 1. The molecule has 0 saturated heterocycles. The summed E-state index contributed by atoms with van der Waals surface area (Å²) >= 11 is 0. The minimum Gasteiger partial charge on any atom is -0.478 e. The van der Waals surface area contributed by atoms with Crippen LogP contribution in [0.1, 0.15) is 35.3 Å². The number of benzene rings is 2. The van der Waals surface area contributed by atoms with E-state index in [1.54, 1.807) is 18.2 Å². The summed E-state index contributed by atoms with van der Waals surface area (Å²) < 4.78 is 13.4. The third-order valence-electron chi connectivity index (χ3n) is 3.87. The van der Waals surface area contributed by atoms with E-state index < -0.39 is 11.4 Å².